The number of carbonyl (C=O) groups excluding carboxylic acids is 1. The van der Waals surface area contributed by atoms with Gasteiger partial charge in [-0.15, -0.1) is 0 Å². The van der Waals surface area contributed by atoms with Gasteiger partial charge in [0.25, 0.3) is 5.91 Å². The van der Waals surface area contributed by atoms with Gasteiger partial charge in [0, 0.05) is 30.9 Å². The summed E-state index contributed by atoms with van der Waals surface area (Å²) in [7, 11) is 1.61. The second-order valence-electron chi connectivity index (χ2n) is 6.27. The predicted octanol–water partition coefficient (Wildman–Crippen LogP) is 2.96. The van der Waals surface area contributed by atoms with E-state index in [0.29, 0.717) is 17.6 Å². The standard InChI is InChI=1S/C20H19N5O2/c1-12-18(25-10-4-7-16(26)19(25)22-12)15-8-9-17(24-15)23-14-6-3-5-13(11-14)20(27)21-2/h3-8,10-11,26H,9H2,1-2H3,(H,21,27)(H,23,24). The molecule has 1 aliphatic rings. The van der Waals surface area contributed by atoms with Crippen molar-refractivity contribution in [3.8, 4) is 5.75 Å². The number of aryl methyl sites for hydroxylation is 1. The van der Waals surface area contributed by atoms with Crippen LogP contribution in [-0.2, 0) is 0 Å². The van der Waals surface area contributed by atoms with Crippen molar-refractivity contribution in [3.05, 3.63) is 65.6 Å². The Bertz CT molecular complexity index is 1110. The number of hydrogen-bond acceptors (Lipinski definition) is 5. The first-order valence-electron chi connectivity index (χ1n) is 8.60. The summed E-state index contributed by atoms with van der Waals surface area (Å²) in [6.07, 6.45) is 4.52. The van der Waals surface area contributed by atoms with Crippen LogP contribution in [-0.4, -0.2) is 33.3 Å². The molecular formula is C20H19N5O2. The fraction of sp³-hybridized carbons (Fsp3) is 0.150. The summed E-state index contributed by atoms with van der Waals surface area (Å²) in [5.74, 6) is 0.791. The van der Waals surface area contributed by atoms with Crippen LogP contribution in [0.1, 0.15) is 28.2 Å². The fourth-order valence-corrected chi connectivity index (χ4v) is 3.18. The van der Waals surface area contributed by atoms with E-state index >= 15 is 0 Å². The SMILES string of the molecule is CNC(=O)c1cccc(NC2=NC(c3c(C)nc4c(O)cccn34)=CC2)c1. The van der Waals surface area contributed by atoms with Gasteiger partial charge in [-0.1, -0.05) is 6.07 Å². The van der Waals surface area contributed by atoms with E-state index in [9.17, 15) is 9.90 Å². The lowest BCUT2D eigenvalue weighted by Gasteiger charge is -2.07. The highest BCUT2D eigenvalue weighted by molar-refractivity contribution is 6.04. The minimum Gasteiger partial charge on any atom is -0.504 e. The van der Waals surface area contributed by atoms with Crippen LogP contribution < -0.4 is 10.6 Å². The second-order valence-corrected chi connectivity index (χ2v) is 6.27. The maximum absolute atomic E-state index is 11.8. The van der Waals surface area contributed by atoms with E-state index in [2.05, 4.69) is 20.6 Å². The van der Waals surface area contributed by atoms with Crippen molar-refractivity contribution >= 4 is 28.8 Å². The summed E-state index contributed by atoms with van der Waals surface area (Å²) in [5, 5.41) is 15.9. The normalized spacial score (nSPS) is 13.4. The van der Waals surface area contributed by atoms with E-state index in [0.717, 1.165) is 28.6 Å². The van der Waals surface area contributed by atoms with Gasteiger partial charge in [-0.25, -0.2) is 9.98 Å². The molecule has 7 heteroatoms. The number of hydrogen-bond donors (Lipinski definition) is 3. The van der Waals surface area contributed by atoms with Crippen molar-refractivity contribution in [2.24, 2.45) is 4.99 Å². The van der Waals surface area contributed by atoms with Gasteiger partial charge in [0.2, 0.25) is 0 Å². The van der Waals surface area contributed by atoms with Crippen LogP contribution in [0, 0.1) is 6.92 Å². The summed E-state index contributed by atoms with van der Waals surface area (Å²) < 4.78 is 1.84. The Kier molecular flexibility index (Phi) is 4.12. The Morgan fingerprint density at radius 3 is 2.93 bits per heavy atom. The van der Waals surface area contributed by atoms with Crippen LogP contribution in [0.25, 0.3) is 11.3 Å². The van der Waals surface area contributed by atoms with Gasteiger partial charge in [0.05, 0.1) is 17.1 Å². The van der Waals surface area contributed by atoms with Gasteiger partial charge < -0.3 is 15.7 Å². The Hall–Kier alpha value is -3.61. The van der Waals surface area contributed by atoms with Crippen molar-refractivity contribution in [3.63, 3.8) is 0 Å². The average molecular weight is 361 g/mol. The summed E-state index contributed by atoms with van der Waals surface area (Å²) in [5.41, 5.74) is 4.36. The first-order valence-corrected chi connectivity index (χ1v) is 8.60. The van der Waals surface area contributed by atoms with Crippen molar-refractivity contribution in [1.82, 2.24) is 14.7 Å². The van der Waals surface area contributed by atoms with Gasteiger partial charge in [-0.3, -0.25) is 9.20 Å². The molecule has 0 atom stereocenters. The first kappa shape index (κ1) is 16.8. The molecule has 2 aromatic heterocycles. The van der Waals surface area contributed by atoms with Crippen LogP contribution in [0.5, 0.6) is 5.75 Å². The third-order valence-electron chi connectivity index (χ3n) is 4.43. The van der Waals surface area contributed by atoms with Crippen LogP contribution >= 0.6 is 0 Å². The molecule has 136 valence electrons. The van der Waals surface area contributed by atoms with Gasteiger partial charge in [-0.2, -0.15) is 0 Å². The largest absolute Gasteiger partial charge is 0.504 e. The number of rotatable bonds is 3. The molecule has 4 rings (SSSR count). The molecule has 3 heterocycles. The minimum absolute atomic E-state index is 0.132. The third kappa shape index (κ3) is 3.03. The van der Waals surface area contributed by atoms with Gasteiger partial charge in [0.1, 0.15) is 5.84 Å². The Morgan fingerprint density at radius 1 is 1.26 bits per heavy atom. The lowest BCUT2D eigenvalue weighted by atomic mass is 10.2. The molecule has 0 saturated carbocycles. The zero-order valence-corrected chi connectivity index (χ0v) is 15.0. The number of nitrogens with zero attached hydrogens (tertiary/aromatic N) is 3. The molecular weight excluding hydrogens is 342 g/mol. The Balaban J connectivity index is 1.62. The number of pyridine rings is 1. The molecule has 27 heavy (non-hydrogen) atoms. The summed E-state index contributed by atoms with van der Waals surface area (Å²) in [6.45, 7) is 1.90. The van der Waals surface area contributed by atoms with Crippen molar-refractivity contribution in [2.75, 3.05) is 12.4 Å². The van der Waals surface area contributed by atoms with E-state index in [1.54, 1.807) is 31.3 Å². The lowest BCUT2D eigenvalue weighted by molar-refractivity contribution is 0.0963. The number of amidine groups is 1. The van der Waals surface area contributed by atoms with E-state index < -0.39 is 0 Å². The van der Waals surface area contributed by atoms with E-state index in [1.807, 2.05) is 35.7 Å². The Morgan fingerprint density at radius 2 is 2.11 bits per heavy atom. The van der Waals surface area contributed by atoms with Crippen molar-refractivity contribution in [1.29, 1.82) is 0 Å². The number of aliphatic imine (C=N–C) groups is 1. The smallest absolute Gasteiger partial charge is 0.251 e. The minimum atomic E-state index is -0.132. The number of amides is 1. The topological polar surface area (TPSA) is 91.0 Å². The summed E-state index contributed by atoms with van der Waals surface area (Å²) in [4.78, 5) is 20.9. The molecule has 3 N–H and O–H groups in total. The molecule has 1 aromatic carbocycles. The second kappa shape index (κ2) is 6.60. The number of benzene rings is 1. The zero-order chi connectivity index (χ0) is 19.0. The summed E-state index contributed by atoms with van der Waals surface area (Å²) in [6, 6.07) is 10.7. The number of carbonyl (C=O) groups is 1. The molecule has 0 bridgehead atoms. The summed E-state index contributed by atoms with van der Waals surface area (Å²) >= 11 is 0. The zero-order valence-electron chi connectivity index (χ0n) is 15.0. The number of aromatic hydroxyl groups is 1. The van der Waals surface area contributed by atoms with E-state index in [1.165, 1.54) is 0 Å². The lowest BCUT2D eigenvalue weighted by Crippen LogP contribution is -2.18. The number of fused-ring (bicyclic) bond motifs is 1. The van der Waals surface area contributed by atoms with Crippen LogP contribution in [0.3, 0.4) is 0 Å². The Labute approximate surface area is 156 Å². The molecule has 1 amide bonds. The highest BCUT2D eigenvalue weighted by Crippen LogP contribution is 2.29. The van der Waals surface area contributed by atoms with E-state index in [-0.39, 0.29) is 11.7 Å². The number of imidazole rings is 1. The quantitative estimate of drug-likeness (QED) is 0.669. The van der Waals surface area contributed by atoms with Gasteiger partial charge >= 0.3 is 0 Å². The number of anilines is 1. The highest BCUT2D eigenvalue weighted by Gasteiger charge is 2.19. The van der Waals surface area contributed by atoms with Gasteiger partial charge in [0.15, 0.2) is 11.4 Å². The molecule has 0 spiro atoms. The molecule has 0 fully saturated rings. The molecule has 0 aliphatic carbocycles. The average Bonchev–Trinajstić information content (AvgIpc) is 3.25. The maximum Gasteiger partial charge on any atom is 0.251 e. The monoisotopic (exact) mass is 361 g/mol. The fourth-order valence-electron chi connectivity index (χ4n) is 3.18. The molecule has 3 aromatic rings. The first-order chi connectivity index (χ1) is 13.1. The van der Waals surface area contributed by atoms with Crippen LogP contribution in [0.15, 0.2) is 53.7 Å². The highest BCUT2D eigenvalue weighted by atomic mass is 16.3. The predicted molar refractivity (Wildman–Crippen MR) is 105 cm³/mol. The molecule has 7 nitrogen and oxygen atoms in total. The van der Waals surface area contributed by atoms with Gasteiger partial charge in [-0.05, 0) is 43.3 Å². The third-order valence-corrected chi connectivity index (χ3v) is 4.43. The molecule has 1 aliphatic heterocycles. The molecule has 0 radical (unpaired) electrons. The maximum atomic E-state index is 11.8. The molecule has 0 unspecified atom stereocenters. The molecule has 0 saturated heterocycles. The number of aromatic nitrogens is 2. The van der Waals surface area contributed by atoms with Crippen LogP contribution in [0.4, 0.5) is 5.69 Å². The van der Waals surface area contributed by atoms with Crippen molar-refractivity contribution in [2.45, 2.75) is 13.3 Å². The van der Waals surface area contributed by atoms with Crippen molar-refractivity contribution < 1.29 is 9.90 Å². The number of nitrogens with one attached hydrogen (secondary N) is 2. The van der Waals surface area contributed by atoms with E-state index in [4.69, 9.17) is 0 Å². The van der Waals surface area contributed by atoms with Crippen LogP contribution in [0.2, 0.25) is 0 Å².